The number of rotatable bonds is 5. The van der Waals surface area contributed by atoms with Crippen molar-refractivity contribution in [3.63, 3.8) is 0 Å². The first kappa shape index (κ1) is 18.4. The molecule has 2 fully saturated rings. The molecule has 7 heteroatoms. The molecule has 1 aromatic carbocycles. The van der Waals surface area contributed by atoms with Crippen LogP contribution in [0.4, 0.5) is 5.69 Å². The molecule has 0 spiro atoms. The number of carbonyl (C=O) groups is 3. The van der Waals surface area contributed by atoms with Gasteiger partial charge in [0, 0.05) is 12.1 Å². The molecule has 3 rings (SSSR count). The molecule has 1 aliphatic carbocycles. The van der Waals surface area contributed by atoms with Crippen molar-refractivity contribution in [1.82, 2.24) is 5.32 Å². The molecule has 140 valence electrons. The summed E-state index contributed by atoms with van der Waals surface area (Å²) in [7, 11) is 0. The molecular weight excluding hydrogens is 334 g/mol. The summed E-state index contributed by atoms with van der Waals surface area (Å²) in [5.41, 5.74) is 1.03. The Hall–Kier alpha value is -2.41. The van der Waals surface area contributed by atoms with Crippen LogP contribution in [0.15, 0.2) is 24.3 Å². The first-order valence-electron chi connectivity index (χ1n) is 9.29. The Morgan fingerprint density at radius 2 is 1.96 bits per heavy atom. The molecule has 1 saturated carbocycles. The van der Waals surface area contributed by atoms with Crippen LogP contribution in [0.3, 0.4) is 0 Å². The maximum Gasteiger partial charge on any atom is 0.338 e. The molecular formula is C19H26N3O4+. The van der Waals surface area contributed by atoms with Gasteiger partial charge in [0.05, 0.1) is 24.6 Å². The number of fused-ring (bicyclic) bond motifs is 1. The predicted molar refractivity (Wildman–Crippen MR) is 95.5 cm³/mol. The van der Waals surface area contributed by atoms with Crippen LogP contribution >= 0.6 is 0 Å². The van der Waals surface area contributed by atoms with Crippen molar-refractivity contribution < 1.29 is 24.4 Å². The summed E-state index contributed by atoms with van der Waals surface area (Å²) in [6, 6.07) is 6.78. The summed E-state index contributed by atoms with van der Waals surface area (Å²) in [5, 5.41) is 7.92. The van der Waals surface area contributed by atoms with E-state index < -0.39 is 0 Å². The number of amides is 2. The summed E-state index contributed by atoms with van der Waals surface area (Å²) in [6.07, 6.45) is 4.58. The van der Waals surface area contributed by atoms with Crippen LogP contribution in [0.5, 0.6) is 0 Å². The van der Waals surface area contributed by atoms with Crippen LogP contribution in [-0.2, 0) is 14.3 Å². The Bertz CT molecular complexity index is 674. The predicted octanol–water partition coefficient (Wildman–Crippen LogP) is 0.565. The van der Waals surface area contributed by atoms with E-state index in [0.717, 1.165) is 19.3 Å². The van der Waals surface area contributed by atoms with Gasteiger partial charge in [0.25, 0.3) is 5.91 Å². The normalized spacial score (nSPS) is 25.0. The summed E-state index contributed by atoms with van der Waals surface area (Å²) in [5.74, 6) is -0.651. The fraction of sp³-hybridized carbons (Fsp3) is 0.526. The van der Waals surface area contributed by atoms with E-state index in [1.54, 1.807) is 31.2 Å². The van der Waals surface area contributed by atoms with E-state index >= 15 is 0 Å². The lowest BCUT2D eigenvalue weighted by Gasteiger charge is -2.37. The van der Waals surface area contributed by atoms with Crippen LogP contribution < -0.4 is 16.0 Å². The zero-order valence-corrected chi connectivity index (χ0v) is 15.0. The van der Waals surface area contributed by atoms with Gasteiger partial charge in [-0.05, 0) is 44.0 Å². The maximum atomic E-state index is 12.3. The minimum Gasteiger partial charge on any atom is -0.462 e. The van der Waals surface area contributed by atoms with Crippen LogP contribution in [0.25, 0.3) is 0 Å². The second-order valence-corrected chi connectivity index (χ2v) is 6.91. The molecule has 26 heavy (non-hydrogen) atoms. The van der Waals surface area contributed by atoms with Gasteiger partial charge in [-0.3, -0.25) is 9.59 Å². The highest BCUT2D eigenvalue weighted by Gasteiger charge is 2.40. The second-order valence-electron chi connectivity index (χ2n) is 6.91. The van der Waals surface area contributed by atoms with Crippen molar-refractivity contribution in [2.75, 3.05) is 11.9 Å². The molecule has 2 aliphatic rings. The zero-order chi connectivity index (χ0) is 18.5. The molecule has 0 radical (unpaired) electrons. The molecule has 4 N–H and O–H groups in total. The molecule has 3 atom stereocenters. The van der Waals surface area contributed by atoms with Crippen molar-refractivity contribution in [2.45, 2.75) is 57.2 Å². The van der Waals surface area contributed by atoms with E-state index in [1.165, 1.54) is 6.42 Å². The average Bonchev–Trinajstić information content (AvgIpc) is 2.63. The number of anilines is 1. The van der Waals surface area contributed by atoms with E-state index in [4.69, 9.17) is 4.74 Å². The first-order valence-corrected chi connectivity index (χ1v) is 9.29. The quantitative estimate of drug-likeness (QED) is 0.668. The minimum atomic E-state index is -0.388. The third-order valence-corrected chi connectivity index (χ3v) is 5.05. The number of piperazine rings is 1. The maximum absolute atomic E-state index is 12.3. The minimum absolute atomic E-state index is 0.0547. The summed E-state index contributed by atoms with van der Waals surface area (Å²) >= 11 is 0. The number of carbonyl (C=O) groups excluding carboxylic acids is 3. The first-order chi connectivity index (χ1) is 12.6. The Morgan fingerprint density at radius 3 is 2.69 bits per heavy atom. The number of esters is 1. The number of ether oxygens (including phenoxy) is 1. The lowest BCUT2D eigenvalue weighted by Crippen LogP contribution is -3.03. The second kappa shape index (κ2) is 8.31. The fourth-order valence-corrected chi connectivity index (χ4v) is 3.72. The number of hydrogen-bond donors (Lipinski definition) is 3. The number of nitrogens with one attached hydrogen (secondary N) is 2. The molecule has 0 bridgehead atoms. The van der Waals surface area contributed by atoms with Crippen molar-refractivity contribution in [1.29, 1.82) is 0 Å². The molecule has 1 aliphatic heterocycles. The Balaban J connectivity index is 1.53. The van der Waals surface area contributed by atoms with Crippen molar-refractivity contribution in [3.8, 4) is 0 Å². The third-order valence-electron chi connectivity index (χ3n) is 5.05. The number of hydrogen-bond acceptors (Lipinski definition) is 4. The van der Waals surface area contributed by atoms with Crippen molar-refractivity contribution in [3.05, 3.63) is 29.8 Å². The Morgan fingerprint density at radius 1 is 1.23 bits per heavy atom. The number of quaternary nitrogens is 1. The molecule has 2 amide bonds. The zero-order valence-electron chi connectivity index (χ0n) is 15.0. The average molecular weight is 360 g/mol. The van der Waals surface area contributed by atoms with Crippen molar-refractivity contribution >= 4 is 23.5 Å². The highest BCUT2D eigenvalue weighted by molar-refractivity contribution is 5.96. The van der Waals surface area contributed by atoms with Crippen LogP contribution in [0.2, 0.25) is 0 Å². The van der Waals surface area contributed by atoms with Gasteiger partial charge in [0.1, 0.15) is 6.04 Å². The summed E-state index contributed by atoms with van der Waals surface area (Å²) in [6.45, 7) is 2.07. The molecule has 7 nitrogen and oxygen atoms in total. The van der Waals surface area contributed by atoms with Crippen LogP contribution in [-0.4, -0.2) is 42.5 Å². The van der Waals surface area contributed by atoms with E-state index in [1.807, 2.05) is 0 Å². The molecule has 1 heterocycles. The van der Waals surface area contributed by atoms with Crippen LogP contribution in [0.1, 0.15) is 49.4 Å². The van der Waals surface area contributed by atoms with E-state index in [-0.39, 0.29) is 36.3 Å². The number of nitrogens with two attached hydrogens (primary N) is 1. The van der Waals surface area contributed by atoms with E-state index in [9.17, 15) is 14.4 Å². The van der Waals surface area contributed by atoms with Gasteiger partial charge in [0.2, 0.25) is 5.91 Å². The van der Waals surface area contributed by atoms with Gasteiger partial charge in [-0.25, -0.2) is 4.79 Å². The fourth-order valence-electron chi connectivity index (χ4n) is 3.72. The van der Waals surface area contributed by atoms with E-state index in [2.05, 4.69) is 16.0 Å². The van der Waals surface area contributed by atoms with Gasteiger partial charge < -0.3 is 20.7 Å². The van der Waals surface area contributed by atoms with Gasteiger partial charge in [-0.15, -0.1) is 0 Å². The molecule has 0 aromatic heterocycles. The van der Waals surface area contributed by atoms with Gasteiger partial charge in [-0.2, -0.15) is 0 Å². The highest BCUT2D eigenvalue weighted by Crippen LogP contribution is 2.18. The largest absolute Gasteiger partial charge is 0.462 e. The molecule has 1 aromatic rings. The Labute approximate surface area is 152 Å². The lowest BCUT2D eigenvalue weighted by atomic mass is 9.87. The number of benzene rings is 1. The lowest BCUT2D eigenvalue weighted by molar-refractivity contribution is -0.718. The van der Waals surface area contributed by atoms with Crippen molar-refractivity contribution in [2.24, 2.45) is 0 Å². The summed E-state index contributed by atoms with van der Waals surface area (Å²) < 4.78 is 4.93. The summed E-state index contributed by atoms with van der Waals surface area (Å²) in [4.78, 5) is 36.2. The topological polar surface area (TPSA) is 101 Å². The highest BCUT2D eigenvalue weighted by atomic mass is 16.5. The third kappa shape index (κ3) is 4.40. The SMILES string of the molecule is CCOC(=O)c1ccc(NC(=O)C[C@@H]2[NH2+][C@@H]3CCCC[C@@H]3NC2=O)cc1. The van der Waals surface area contributed by atoms with Gasteiger partial charge in [-0.1, -0.05) is 6.42 Å². The molecule has 0 unspecified atom stereocenters. The standard InChI is InChI=1S/C19H25N3O4/c1-2-26-19(25)12-7-9-13(10-8-12)20-17(23)11-16-18(24)22-15-6-4-3-5-14(15)21-16/h7-10,14-16,21H,2-6,11H2,1H3,(H,20,23)(H,22,24)/p+1/t14-,15+,16+/m1/s1. The monoisotopic (exact) mass is 360 g/mol. The van der Waals surface area contributed by atoms with Gasteiger partial charge >= 0.3 is 5.97 Å². The smallest absolute Gasteiger partial charge is 0.338 e. The molecule has 1 saturated heterocycles. The van der Waals surface area contributed by atoms with Gasteiger partial charge in [0.15, 0.2) is 6.04 Å². The van der Waals surface area contributed by atoms with Crippen LogP contribution in [0, 0.1) is 0 Å². The Kier molecular flexibility index (Phi) is 5.88. The van der Waals surface area contributed by atoms with E-state index in [0.29, 0.717) is 23.9 Å².